The second-order valence-corrected chi connectivity index (χ2v) is 8.06. The van der Waals surface area contributed by atoms with E-state index in [2.05, 4.69) is 15.2 Å². The molecule has 4 rings (SSSR count). The minimum atomic E-state index is -4.15. The number of hydrogen-bond donors (Lipinski definition) is 0. The van der Waals surface area contributed by atoms with Crippen molar-refractivity contribution in [2.45, 2.75) is 32.2 Å². The summed E-state index contributed by atoms with van der Waals surface area (Å²) in [6.45, 7) is 1.95. The van der Waals surface area contributed by atoms with E-state index in [0.717, 1.165) is 15.7 Å². The third-order valence-corrected chi connectivity index (χ3v) is 6.23. The average Bonchev–Trinajstić information content (AvgIpc) is 3.31. The van der Waals surface area contributed by atoms with Crippen molar-refractivity contribution in [2.75, 3.05) is 0 Å². The van der Waals surface area contributed by atoms with Crippen LogP contribution in [0.5, 0.6) is 0 Å². The Kier molecular flexibility index (Phi) is 4.07. The zero-order chi connectivity index (χ0) is 20.2. The van der Waals surface area contributed by atoms with E-state index in [0.29, 0.717) is 32.7 Å². The van der Waals surface area contributed by atoms with Gasteiger partial charge in [-0.3, -0.25) is 4.98 Å². The van der Waals surface area contributed by atoms with Gasteiger partial charge >= 0.3 is 6.55 Å². The molecule has 0 N–H and O–H groups in total. The van der Waals surface area contributed by atoms with Crippen LogP contribution in [-0.2, 0) is 10.0 Å². The molecular weight excluding hydrogens is 392 g/mol. The second kappa shape index (κ2) is 6.23. The average molecular weight is 407 g/mol. The molecule has 4 aromatic rings. The zero-order valence-electron chi connectivity index (χ0n) is 15.1. The van der Waals surface area contributed by atoms with Crippen LogP contribution in [0, 0.1) is 20.8 Å². The lowest BCUT2D eigenvalue weighted by atomic mass is 10.1. The van der Waals surface area contributed by atoms with Gasteiger partial charge in [-0.2, -0.15) is 13.9 Å². The fourth-order valence-electron chi connectivity index (χ4n) is 3.15. The molecule has 0 aliphatic rings. The highest BCUT2D eigenvalue weighted by atomic mass is 32.2. The molecule has 4 heterocycles. The van der Waals surface area contributed by atoms with E-state index in [1.54, 1.807) is 26.1 Å². The smallest absolute Gasteiger partial charge is 0.333 e. The molecule has 0 amide bonds. The van der Waals surface area contributed by atoms with Gasteiger partial charge in [-0.15, -0.1) is 0 Å². The summed E-state index contributed by atoms with van der Waals surface area (Å²) in [5, 5.41) is 7.49. The Balaban J connectivity index is 1.91. The molecule has 0 radical (unpaired) electrons. The monoisotopic (exact) mass is 407 g/mol. The Morgan fingerprint density at radius 3 is 2.54 bits per heavy atom. The number of aryl methyl sites for hydroxylation is 3. The van der Waals surface area contributed by atoms with Gasteiger partial charge in [-0.1, -0.05) is 5.16 Å². The Bertz CT molecular complexity index is 1280. The van der Waals surface area contributed by atoms with Crippen LogP contribution in [0.4, 0.5) is 8.78 Å². The van der Waals surface area contributed by atoms with Crippen molar-refractivity contribution in [3.05, 3.63) is 47.9 Å². The minimum Gasteiger partial charge on any atom is -0.361 e. The Morgan fingerprint density at radius 2 is 1.93 bits per heavy atom. The standard InChI is InChI=1S/C17H15F2N5O3S/c1-9-15(8-23(21-9)17(18)19)28(25,26)24-5-4-13-14(24)6-12(7-20-13)16-10(2)22-27-11(16)3/h4-8,17H,1-3H3. The van der Waals surface area contributed by atoms with Gasteiger partial charge in [-0.25, -0.2) is 17.1 Å². The number of hydrogen-bond acceptors (Lipinski definition) is 6. The van der Waals surface area contributed by atoms with Crippen molar-refractivity contribution >= 4 is 21.1 Å². The molecule has 0 aliphatic carbocycles. The Hall–Kier alpha value is -3.08. The van der Waals surface area contributed by atoms with Crippen LogP contribution in [0.3, 0.4) is 0 Å². The SMILES string of the molecule is Cc1nn(C(F)F)cc1S(=O)(=O)n1ccc2ncc(-c3c(C)noc3C)cc21. The van der Waals surface area contributed by atoms with Crippen molar-refractivity contribution in [3.8, 4) is 11.1 Å². The van der Waals surface area contributed by atoms with E-state index in [9.17, 15) is 17.2 Å². The summed E-state index contributed by atoms with van der Waals surface area (Å²) >= 11 is 0. The fraction of sp³-hybridized carbons (Fsp3) is 0.235. The van der Waals surface area contributed by atoms with Gasteiger partial charge in [0.05, 0.1) is 28.6 Å². The number of halogens is 2. The largest absolute Gasteiger partial charge is 0.361 e. The van der Waals surface area contributed by atoms with Crippen molar-refractivity contribution in [2.24, 2.45) is 0 Å². The van der Waals surface area contributed by atoms with E-state index < -0.39 is 16.6 Å². The quantitative estimate of drug-likeness (QED) is 0.514. The van der Waals surface area contributed by atoms with Crippen LogP contribution >= 0.6 is 0 Å². The maximum atomic E-state index is 13.1. The maximum absolute atomic E-state index is 13.1. The molecule has 0 saturated carbocycles. The first kappa shape index (κ1) is 18.3. The molecule has 8 nitrogen and oxygen atoms in total. The maximum Gasteiger partial charge on any atom is 0.333 e. The zero-order valence-corrected chi connectivity index (χ0v) is 15.9. The van der Waals surface area contributed by atoms with Gasteiger partial charge in [0, 0.05) is 23.5 Å². The van der Waals surface area contributed by atoms with Crippen molar-refractivity contribution in [1.29, 1.82) is 0 Å². The minimum absolute atomic E-state index is 0.0167. The highest BCUT2D eigenvalue weighted by Crippen LogP contribution is 2.30. The first-order chi connectivity index (χ1) is 13.2. The molecule has 0 saturated heterocycles. The second-order valence-electron chi connectivity index (χ2n) is 6.28. The summed E-state index contributed by atoms with van der Waals surface area (Å²) < 4.78 is 58.5. The molecule has 0 aromatic carbocycles. The lowest BCUT2D eigenvalue weighted by Gasteiger charge is -2.07. The number of aromatic nitrogens is 5. The Morgan fingerprint density at radius 1 is 1.18 bits per heavy atom. The Labute approximate surface area is 158 Å². The first-order valence-corrected chi connectivity index (χ1v) is 9.64. The number of pyridine rings is 1. The molecule has 0 atom stereocenters. The number of rotatable bonds is 4. The number of nitrogens with zero attached hydrogens (tertiary/aromatic N) is 5. The molecule has 0 spiro atoms. The van der Waals surface area contributed by atoms with E-state index in [4.69, 9.17) is 4.52 Å². The van der Waals surface area contributed by atoms with E-state index in [1.807, 2.05) is 0 Å². The summed E-state index contributed by atoms with van der Waals surface area (Å²) in [5.74, 6) is 0.577. The molecule has 0 aliphatic heterocycles. The van der Waals surface area contributed by atoms with Crippen LogP contribution < -0.4 is 0 Å². The van der Waals surface area contributed by atoms with E-state index >= 15 is 0 Å². The third kappa shape index (κ3) is 2.70. The molecule has 0 unspecified atom stereocenters. The van der Waals surface area contributed by atoms with Gasteiger partial charge in [0.25, 0.3) is 10.0 Å². The number of fused-ring (bicyclic) bond motifs is 1. The fourth-order valence-corrected chi connectivity index (χ4v) is 4.65. The molecule has 11 heteroatoms. The molecule has 28 heavy (non-hydrogen) atoms. The number of alkyl halides is 2. The van der Waals surface area contributed by atoms with Crippen LogP contribution in [-0.4, -0.2) is 32.3 Å². The van der Waals surface area contributed by atoms with Gasteiger partial charge in [-0.05, 0) is 32.9 Å². The first-order valence-electron chi connectivity index (χ1n) is 8.20. The molecule has 4 aromatic heterocycles. The van der Waals surface area contributed by atoms with Crippen LogP contribution in [0.15, 0.2) is 40.1 Å². The van der Waals surface area contributed by atoms with E-state index in [1.165, 1.54) is 19.2 Å². The summed E-state index contributed by atoms with van der Waals surface area (Å²) in [6, 6.07) is 3.19. The summed E-state index contributed by atoms with van der Waals surface area (Å²) in [4.78, 5) is 4.01. The highest BCUT2D eigenvalue weighted by Gasteiger charge is 2.26. The van der Waals surface area contributed by atoms with Crippen LogP contribution in [0.2, 0.25) is 0 Å². The molecule has 0 bridgehead atoms. The van der Waals surface area contributed by atoms with Gasteiger partial charge in [0.15, 0.2) is 0 Å². The molecular formula is C17H15F2N5O3S. The topological polar surface area (TPSA) is 95.8 Å². The van der Waals surface area contributed by atoms with Gasteiger partial charge in [0.1, 0.15) is 10.7 Å². The lowest BCUT2D eigenvalue weighted by molar-refractivity contribution is 0.0561. The van der Waals surface area contributed by atoms with Gasteiger partial charge in [0.2, 0.25) is 0 Å². The predicted molar refractivity (Wildman–Crippen MR) is 95.5 cm³/mol. The lowest BCUT2D eigenvalue weighted by Crippen LogP contribution is -2.12. The van der Waals surface area contributed by atoms with Crippen LogP contribution in [0.25, 0.3) is 22.2 Å². The van der Waals surface area contributed by atoms with E-state index in [-0.39, 0.29) is 10.6 Å². The van der Waals surface area contributed by atoms with Crippen molar-refractivity contribution in [1.82, 2.24) is 23.9 Å². The van der Waals surface area contributed by atoms with Gasteiger partial charge < -0.3 is 4.52 Å². The van der Waals surface area contributed by atoms with Crippen LogP contribution in [0.1, 0.15) is 23.7 Å². The summed E-state index contributed by atoms with van der Waals surface area (Å²) in [7, 11) is -4.15. The normalized spacial score (nSPS) is 12.4. The summed E-state index contributed by atoms with van der Waals surface area (Å²) in [6.07, 6.45) is 3.77. The van der Waals surface area contributed by atoms with Crippen molar-refractivity contribution in [3.63, 3.8) is 0 Å². The predicted octanol–water partition coefficient (Wildman–Crippen LogP) is 3.45. The molecule has 0 fully saturated rings. The highest BCUT2D eigenvalue weighted by molar-refractivity contribution is 7.90. The summed E-state index contributed by atoms with van der Waals surface area (Å²) in [5.41, 5.74) is 2.74. The third-order valence-electron chi connectivity index (χ3n) is 4.43. The molecule has 146 valence electrons. The van der Waals surface area contributed by atoms with Crippen molar-refractivity contribution < 1.29 is 21.7 Å².